The highest BCUT2D eigenvalue weighted by Crippen LogP contribution is 2.46. The number of nitrogens with one attached hydrogen (secondary N) is 2. The number of aromatic nitrogens is 5. The molecule has 1 spiro atoms. The van der Waals surface area contributed by atoms with Gasteiger partial charge in [-0.15, -0.1) is 6.58 Å². The SMILES string of the molecule is C=CCn1c(=O)c2cnc(Nc3ccc(N4CCN(C5CCC6(CCNCC6)C5)CC4)cc3)nc2n1-c1cccc(C(C)(C)O)n1. The van der Waals surface area contributed by atoms with Crippen molar-refractivity contribution in [2.24, 2.45) is 5.41 Å². The fraction of sp³-hybridized carbons (Fsp3) is 0.486. The Bertz CT molecular complexity index is 1760. The Morgan fingerprint density at radius 2 is 1.83 bits per heavy atom. The number of anilines is 3. The molecule has 2 aliphatic heterocycles. The van der Waals surface area contributed by atoms with E-state index in [1.54, 1.807) is 42.9 Å². The maximum atomic E-state index is 13.3. The van der Waals surface area contributed by atoms with E-state index < -0.39 is 5.60 Å². The van der Waals surface area contributed by atoms with E-state index >= 15 is 0 Å². The number of piperidine rings is 1. The maximum Gasteiger partial charge on any atom is 0.278 e. The van der Waals surface area contributed by atoms with Gasteiger partial charge in [0.05, 0.1) is 12.2 Å². The highest BCUT2D eigenvalue weighted by molar-refractivity contribution is 5.77. The molecule has 3 aromatic heterocycles. The van der Waals surface area contributed by atoms with Gasteiger partial charge in [-0.05, 0) is 101 Å². The number of rotatable bonds is 8. The van der Waals surface area contributed by atoms with Crippen LogP contribution in [0.15, 0.2) is 66.1 Å². The number of aliphatic hydroxyl groups is 1. The van der Waals surface area contributed by atoms with Crippen molar-refractivity contribution in [2.45, 2.75) is 64.1 Å². The first kappa shape index (κ1) is 30.6. The molecule has 5 heterocycles. The molecule has 2 saturated heterocycles. The van der Waals surface area contributed by atoms with E-state index in [9.17, 15) is 9.90 Å². The van der Waals surface area contributed by atoms with Crippen molar-refractivity contribution in [3.8, 4) is 5.82 Å². The molecular formula is C35H45N9O2. The van der Waals surface area contributed by atoms with Crippen LogP contribution in [-0.4, -0.2) is 79.6 Å². The van der Waals surface area contributed by atoms with Crippen molar-refractivity contribution in [2.75, 3.05) is 49.5 Å². The standard InChI is InChI=1S/C35H45N9O2/c1-4-18-43-32(45)28-24-37-33(40-31(28)44(43)30-7-5-6-29(39-30)34(2,3)46)38-25-8-10-26(11-9-25)41-19-21-42(22-20-41)27-12-13-35(23-27)14-16-36-17-15-35/h4-11,24,27,36,46H,1,12-23H2,2-3H3,(H,37,38,40). The summed E-state index contributed by atoms with van der Waals surface area (Å²) in [6.07, 6.45) is 10.0. The number of hydrogen-bond acceptors (Lipinski definition) is 9. The number of allylic oxidation sites excluding steroid dienone is 1. The van der Waals surface area contributed by atoms with Crippen LogP contribution in [0.1, 0.15) is 51.6 Å². The lowest BCUT2D eigenvalue weighted by molar-refractivity contribution is 0.0738. The van der Waals surface area contributed by atoms with Crippen LogP contribution in [-0.2, 0) is 12.1 Å². The Morgan fingerprint density at radius 3 is 2.54 bits per heavy atom. The molecule has 242 valence electrons. The number of hydrogen-bond donors (Lipinski definition) is 3. The summed E-state index contributed by atoms with van der Waals surface area (Å²) < 4.78 is 3.20. The average Bonchev–Trinajstić information content (AvgIpc) is 3.59. The summed E-state index contributed by atoms with van der Waals surface area (Å²) in [5.74, 6) is 0.849. The highest BCUT2D eigenvalue weighted by Gasteiger charge is 2.42. The summed E-state index contributed by atoms with van der Waals surface area (Å²) in [5, 5.41) is 17.8. The van der Waals surface area contributed by atoms with Gasteiger partial charge in [0.1, 0.15) is 11.0 Å². The molecule has 11 nitrogen and oxygen atoms in total. The van der Waals surface area contributed by atoms with Gasteiger partial charge in [-0.3, -0.25) is 9.69 Å². The van der Waals surface area contributed by atoms with E-state index in [1.165, 1.54) is 55.6 Å². The number of fused-ring (bicyclic) bond motifs is 1. The molecule has 3 N–H and O–H groups in total. The maximum absolute atomic E-state index is 13.3. The lowest BCUT2D eigenvalue weighted by Crippen LogP contribution is -2.50. The third kappa shape index (κ3) is 5.94. The van der Waals surface area contributed by atoms with Gasteiger partial charge in [0, 0.05) is 49.8 Å². The first-order valence-electron chi connectivity index (χ1n) is 16.6. The Morgan fingerprint density at radius 1 is 1.07 bits per heavy atom. The molecule has 1 aromatic carbocycles. The molecule has 0 amide bonds. The van der Waals surface area contributed by atoms with Crippen molar-refractivity contribution in [1.82, 2.24) is 34.5 Å². The Balaban J connectivity index is 1.05. The van der Waals surface area contributed by atoms with Gasteiger partial charge < -0.3 is 20.6 Å². The fourth-order valence-corrected chi connectivity index (χ4v) is 7.62. The second-order valence-electron chi connectivity index (χ2n) is 13.7. The van der Waals surface area contributed by atoms with Gasteiger partial charge >= 0.3 is 0 Å². The largest absolute Gasteiger partial charge is 0.384 e. The van der Waals surface area contributed by atoms with Crippen LogP contribution in [0.3, 0.4) is 0 Å². The number of piperazine rings is 1. The summed E-state index contributed by atoms with van der Waals surface area (Å²) >= 11 is 0. The van der Waals surface area contributed by atoms with E-state index in [2.05, 4.69) is 61.2 Å². The molecule has 7 rings (SSSR count). The quantitative estimate of drug-likeness (QED) is 0.249. The fourth-order valence-electron chi connectivity index (χ4n) is 7.62. The normalized spacial score (nSPS) is 20.4. The first-order chi connectivity index (χ1) is 22.2. The van der Waals surface area contributed by atoms with Crippen LogP contribution in [0.25, 0.3) is 16.9 Å². The zero-order chi connectivity index (χ0) is 31.9. The van der Waals surface area contributed by atoms with Crippen molar-refractivity contribution >= 4 is 28.4 Å². The van der Waals surface area contributed by atoms with Crippen molar-refractivity contribution < 1.29 is 5.11 Å². The topological polar surface area (TPSA) is 116 Å². The molecule has 3 fully saturated rings. The minimum absolute atomic E-state index is 0.236. The summed E-state index contributed by atoms with van der Waals surface area (Å²) in [5.41, 5.74) is 2.21. The van der Waals surface area contributed by atoms with Crippen LogP contribution < -0.4 is 21.1 Å². The van der Waals surface area contributed by atoms with E-state index in [-0.39, 0.29) is 12.1 Å². The predicted octanol–water partition coefficient (Wildman–Crippen LogP) is 4.18. The molecule has 4 aromatic rings. The molecule has 0 radical (unpaired) electrons. The van der Waals surface area contributed by atoms with Gasteiger partial charge in [0.25, 0.3) is 5.56 Å². The monoisotopic (exact) mass is 623 g/mol. The van der Waals surface area contributed by atoms with Crippen LogP contribution in [0.5, 0.6) is 0 Å². The van der Waals surface area contributed by atoms with Crippen LogP contribution in [0, 0.1) is 5.41 Å². The molecule has 11 heteroatoms. The molecule has 1 aliphatic carbocycles. The minimum Gasteiger partial charge on any atom is -0.384 e. The Labute approximate surface area is 270 Å². The summed E-state index contributed by atoms with van der Waals surface area (Å²) in [4.78, 5) is 32.4. The molecule has 46 heavy (non-hydrogen) atoms. The van der Waals surface area contributed by atoms with Crippen LogP contribution in [0.4, 0.5) is 17.3 Å². The number of benzene rings is 1. The lowest BCUT2D eigenvalue weighted by Gasteiger charge is -2.40. The third-order valence-corrected chi connectivity index (χ3v) is 10.2. The third-order valence-electron chi connectivity index (χ3n) is 10.2. The van der Waals surface area contributed by atoms with E-state index in [1.807, 2.05) is 6.07 Å². The molecular weight excluding hydrogens is 578 g/mol. The Kier molecular flexibility index (Phi) is 8.16. The zero-order valence-corrected chi connectivity index (χ0v) is 27.0. The molecule has 1 saturated carbocycles. The molecule has 1 atom stereocenters. The first-order valence-corrected chi connectivity index (χ1v) is 16.6. The van der Waals surface area contributed by atoms with Crippen LogP contribution >= 0.6 is 0 Å². The van der Waals surface area contributed by atoms with Gasteiger partial charge in [0.2, 0.25) is 5.95 Å². The summed E-state index contributed by atoms with van der Waals surface area (Å²) in [7, 11) is 0. The van der Waals surface area contributed by atoms with Crippen LogP contribution in [0.2, 0.25) is 0 Å². The Hall–Kier alpha value is -4.06. The number of nitrogens with zero attached hydrogens (tertiary/aromatic N) is 7. The molecule has 0 bridgehead atoms. The number of pyridine rings is 1. The second-order valence-corrected chi connectivity index (χ2v) is 13.7. The van der Waals surface area contributed by atoms with Gasteiger partial charge in [-0.25, -0.2) is 19.3 Å². The minimum atomic E-state index is -1.14. The van der Waals surface area contributed by atoms with Gasteiger partial charge in [-0.2, -0.15) is 4.98 Å². The molecule has 3 aliphatic rings. The predicted molar refractivity (Wildman–Crippen MR) is 182 cm³/mol. The zero-order valence-electron chi connectivity index (χ0n) is 27.0. The van der Waals surface area contributed by atoms with Gasteiger partial charge in [-0.1, -0.05) is 12.1 Å². The van der Waals surface area contributed by atoms with Crippen molar-refractivity contribution in [1.29, 1.82) is 0 Å². The van der Waals surface area contributed by atoms with E-state index in [0.29, 0.717) is 33.9 Å². The summed E-state index contributed by atoms with van der Waals surface area (Å²) in [6.45, 7) is 14.1. The lowest BCUT2D eigenvalue weighted by atomic mass is 9.77. The molecule has 1 unspecified atom stereocenters. The average molecular weight is 624 g/mol. The highest BCUT2D eigenvalue weighted by atomic mass is 16.3. The van der Waals surface area contributed by atoms with E-state index in [4.69, 9.17) is 4.98 Å². The second kappa shape index (κ2) is 12.3. The smallest absolute Gasteiger partial charge is 0.278 e. The van der Waals surface area contributed by atoms with Gasteiger partial charge in [0.15, 0.2) is 11.5 Å². The van der Waals surface area contributed by atoms with Crippen molar-refractivity contribution in [3.63, 3.8) is 0 Å². The van der Waals surface area contributed by atoms with Crippen molar-refractivity contribution in [3.05, 3.63) is 77.4 Å². The summed E-state index contributed by atoms with van der Waals surface area (Å²) in [6, 6.07) is 14.5. The van der Waals surface area contributed by atoms with E-state index in [0.717, 1.165) is 37.9 Å².